The average Bonchev–Trinajstić information content (AvgIpc) is 3.13. The number of esters is 1. The van der Waals surface area contributed by atoms with Crippen molar-refractivity contribution < 1.29 is 42.7 Å². The number of carbonyl (C=O) groups excluding carboxylic acids is 1. The van der Waals surface area contributed by atoms with E-state index in [9.17, 15) is 19.0 Å². The van der Waals surface area contributed by atoms with Crippen molar-refractivity contribution in [2.75, 3.05) is 26.4 Å². The Morgan fingerprint density at radius 1 is 0.623 bits per heavy atom. The third-order valence-corrected chi connectivity index (χ3v) is 8.59. The van der Waals surface area contributed by atoms with E-state index < -0.39 is 45.1 Å². The van der Waals surface area contributed by atoms with E-state index in [0.29, 0.717) is 13.0 Å². The first kappa shape index (κ1) is 50.1. The Kier molecular flexibility index (Phi) is 35.5. The molecule has 0 aliphatic heterocycles. The van der Waals surface area contributed by atoms with E-state index in [1.807, 2.05) is 0 Å². The molecule has 0 amide bonds. The number of hydrogen-bond acceptors (Lipinski definition) is 8. The predicted octanol–water partition coefficient (Wildman–Crippen LogP) is 10.4. The van der Waals surface area contributed by atoms with Crippen LogP contribution in [0.5, 0.6) is 0 Å². The summed E-state index contributed by atoms with van der Waals surface area (Å²) in [5.41, 5.74) is 5.34. The zero-order valence-electron chi connectivity index (χ0n) is 32.6. The Labute approximate surface area is 320 Å². The van der Waals surface area contributed by atoms with Gasteiger partial charge in [-0.1, -0.05) is 125 Å². The number of carbonyl (C=O) groups is 2. The first-order chi connectivity index (χ1) is 25.7. The van der Waals surface area contributed by atoms with Gasteiger partial charge < -0.3 is 25.2 Å². The summed E-state index contributed by atoms with van der Waals surface area (Å²) in [6.07, 6.45) is 46.4. The summed E-state index contributed by atoms with van der Waals surface area (Å²) in [6.45, 7) is 3.54. The molecule has 0 aromatic heterocycles. The molecule has 0 heterocycles. The Morgan fingerprint density at radius 3 is 1.64 bits per heavy atom. The van der Waals surface area contributed by atoms with Crippen LogP contribution in [-0.2, 0) is 32.7 Å². The minimum Gasteiger partial charge on any atom is -0.480 e. The Hall–Kier alpha value is -2.85. The SMILES string of the molecule is CC/C=C\C/C=C\C/C=C\C/C=C\C/C=C\CCCCOCC(COP(=O)(O)OCC(N)C(=O)O)OC(=O)CCCCCCC/C=C\C/C=C\CCC. The molecule has 0 spiro atoms. The largest absolute Gasteiger partial charge is 0.480 e. The van der Waals surface area contributed by atoms with Gasteiger partial charge in [0, 0.05) is 13.0 Å². The van der Waals surface area contributed by atoms with Crippen LogP contribution in [0, 0.1) is 0 Å². The number of nitrogens with two attached hydrogens (primary N) is 1. The van der Waals surface area contributed by atoms with Crippen LogP contribution in [0.15, 0.2) is 85.1 Å². The van der Waals surface area contributed by atoms with Gasteiger partial charge in [0.1, 0.15) is 12.1 Å². The summed E-state index contributed by atoms with van der Waals surface area (Å²) in [6, 6.07) is -1.49. The zero-order valence-corrected chi connectivity index (χ0v) is 33.5. The molecule has 0 rings (SSSR count). The van der Waals surface area contributed by atoms with E-state index in [0.717, 1.165) is 96.3 Å². The lowest BCUT2D eigenvalue weighted by molar-refractivity contribution is -0.154. The van der Waals surface area contributed by atoms with Crippen molar-refractivity contribution in [2.45, 2.75) is 142 Å². The van der Waals surface area contributed by atoms with Crippen molar-refractivity contribution in [3.05, 3.63) is 85.1 Å². The van der Waals surface area contributed by atoms with Crippen molar-refractivity contribution in [1.29, 1.82) is 0 Å². The van der Waals surface area contributed by atoms with Crippen LogP contribution in [0.4, 0.5) is 0 Å². The number of phosphoric acid groups is 1. The molecule has 0 aliphatic rings. The molecule has 4 N–H and O–H groups in total. The second-order valence-corrected chi connectivity index (χ2v) is 14.1. The van der Waals surface area contributed by atoms with Gasteiger partial charge in [0.25, 0.3) is 0 Å². The van der Waals surface area contributed by atoms with E-state index >= 15 is 0 Å². The van der Waals surface area contributed by atoms with E-state index in [2.05, 4.69) is 103 Å². The highest BCUT2D eigenvalue weighted by Crippen LogP contribution is 2.43. The van der Waals surface area contributed by atoms with Gasteiger partial charge in [-0.2, -0.15) is 0 Å². The van der Waals surface area contributed by atoms with Crippen LogP contribution in [0.25, 0.3) is 0 Å². The summed E-state index contributed by atoms with van der Waals surface area (Å²) in [5.74, 6) is -1.82. The second-order valence-electron chi connectivity index (χ2n) is 12.7. The highest BCUT2D eigenvalue weighted by Gasteiger charge is 2.27. The predicted molar refractivity (Wildman–Crippen MR) is 216 cm³/mol. The highest BCUT2D eigenvalue weighted by atomic mass is 31.2. The summed E-state index contributed by atoms with van der Waals surface area (Å²) in [5, 5.41) is 8.87. The maximum absolute atomic E-state index is 12.6. The quantitative estimate of drug-likeness (QED) is 0.0243. The van der Waals surface area contributed by atoms with Crippen molar-refractivity contribution in [1.82, 2.24) is 0 Å². The standard InChI is InChI=1S/C42H70NO9P/c1-3-5-7-9-11-13-15-17-18-19-20-21-23-25-27-29-31-33-35-49-36-39(37-50-53(47,48)51-38-40(43)42(45)46)52-41(44)34-32-30-28-26-24-22-16-14-12-10-8-6-4-2/h5,7-8,10-11,13-14,16-18,20-21,25,27,39-40H,3-4,6,9,12,15,19,22-24,26,28-38,43H2,1-2H3,(H,45,46)(H,47,48)/b7-5-,10-8-,13-11-,16-14-,18-17-,21-20-,27-25-. The molecule has 3 unspecified atom stereocenters. The molecule has 0 saturated heterocycles. The lowest BCUT2D eigenvalue weighted by Crippen LogP contribution is -2.34. The number of rotatable bonds is 36. The Balaban J connectivity index is 4.42. The smallest absolute Gasteiger partial charge is 0.472 e. The van der Waals surface area contributed by atoms with Gasteiger partial charge in [0.15, 0.2) is 0 Å². The Bertz CT molecular complexity index is 1160. The molecule has 0 saturated carbocycles. The average molecular weight is 764 g/mol. The number of carboxylic acid groups (broad SMARTS) is 1. The van der Waals surface area contributed by atoms with Crippen LogP contribution >= 0.6 is 7.82 Å². The fourth-order valence-corrected chi connectivity index (χ4v) is 5.38. The lowest BCUT2D eigenvalue weighted by atomic mass is 10.1. The number of allylic oxidation sites excluding steroid dienone is 14. The molecule has 0 aliphatic carbocycles. The molecule has 0 aromatic carbocycles. The molecule has 302 valence electrons. The number of hydrogen-bond donors (Lipinski definition) is 3. The van der Waals surface area contributed by atoms with E-state index in [1.54, 1.807) is 0 Å². The highest BCUT2D eigenvalue weighted by molar-refractivity contribution is 7.47. The molecule has 0 radical (unpaired) electrons. The molecule has 11 heteroatoms. The summed E-state index contributed by atoms with van der Waals surface area (Å²) in [7, 11) is -4.63. The molecule has 0 bridgehead atoms. The van der Waals surface area contributed by atoms with Crippen molar-refractivity contribution >= 4 is 19.8 Å². The number of unbranched alkanes of at least 4 members (excludes halogenated alkanes) is 8. The first-order valence-corrected chi connectivity index (χ1v) is 21.1. The number of phosphoric ester groups is 1. The Morgan fingerprint density at radius 2 is 1.09 bits per heavy atom. The summed E-state index contributed by atoms with van der Waals surface area (Å²) >= 11 is 0. The fourth-order valence-electron chi connectivity index (χ4n) is 4.61. The lowest BCUT2D eigenvalue weighted by Gasteiger charge is -2.20. The third kappa shape index (κ3) is 37.3. The van der Waals surface area contributed by atoms with Crippen LogP contribution in [0.3, 0.4) is 0 Å². The monoisotopic (exact) mass is 763 g/mol. The van der Waals surface area contributed by atoms with Gasteiger partial charge in [-0.05, 0) is 83.5 Å². The topological polar surface area (TPSA) is 155 Å². The van der Waals surface area contributed by atoms with Crippen molar-refractivity contribution in [3.63, 3.8) is 0 Å². The van der Waals surface area contributed by atoms with E-state index in [4.69, 9.17) is 24.8 Å². The molecule has 10 nitrogen and oxygen atoms in total. The maximum atomic E-state index is 12.6. The third-order valence-electron chi connectivity index (χ3n) is 7.64. The van der Waals surface area contributed by atoms with E-state index in [1.165, 1.54) is 6.42 Å². The minimum absolute atomic E-state index is 0.0238. The van der Waals surface area contributed by atoms with Gasteiger partial charge >= 0.3 is 19.8 Å². The molecule has 3 atom stereocenters. The second kappa shape index (κ2) is 37.5. The maximum Gasteiger partial charge on any atom is 0.472 e. The van der Waals surface area contributed by atoms with Crippen LogP contribution in [0.1, 0.15) is 129 Å². The van der Waals surface area contributed by atoms with Gasteiger partial charge in [-0.15, -0.1) is 0 Å². The van der Waals surface area contributed by atoms with Crippen LogP contribution in [0.2, 0.25) is 0 Å². The molecule has 0 aromatic rings. The normalized spacial score (nSPS) is 14.9. The van der Waals surface area contributed by atoms with Gasteiger partial charge in [-0.3, -0.25) is 18.6 Å². The minimum atomic E-state index is -4.63. The van der Waals surface area contributed by atoms with Gasteiger partial charge in [0.05, 0.1) is 19.8 Å². The number of carboxylic acids is 1. The molecular weight excluding hydrogens is 693 g/mol. The number of aliphatic carboxylic acids is 1. The van der Waals surface area contributed by atoms with E-state index in [-0.39, 0.29) is 13.0 Å². The van der Waals surface area contributed by atoms with Gasteiger partial charge in [0.2, 0.25) is 0 Å². The summed E-state index contributed by atoms with van der Waals surface area (Å²) < 4.78 is 33.2. The van der Waals surface area contributed by atoms with Crippen LogP contribution in [-0.4, -0.2) is 60.5 Å². The molecular formula is C42H70NO9P. The number of ether oxygens (including phenoxy) is 2. The van der Waals surface area contributed by atoms with Gasteiger partial charge in [-0.25, -0.2) is 4.57 Å². The fraction of sp³-hybridized carbons (Fsp3) is 0.619. The zero-order chi connectivity index (χ0) is 39.1. The molecule has 0 fully saturated rings. The van der Waals surface area contributed by atoms with Crippen molar-refractivity contribution in [3.8, 4) is 0 Å². The first-order valence-electron chi connectivity index (χ1n) is 19.6. The van der Waals surface area contributed by atoms with Crippen LogP contribution < -0.4 is 5.73 Å². The van der Waals surface area contributed by atoms with Crippen molar-refractivity contribution in [2.24, 2.45) is 5.73 Å². The molecule has 53 heavy (non-hydrogen) atoms. The summed E-state index contributed by atoms with van der Waals surface area (Å²) in [4.78, 5) is 33.4.